The van der Waals surface area contributed by atoms with Crippen LogP contribution in [0.5, 0.6) is 5.75 Å². The number of sulfonamides is 1. The van der Waals surface area contributed by atoms with E-state index >= 15 is 0 Å². The summed E-state index contributed by atoms with van der Waals surface area (Å²) in [6.07, 6.45) is 5.34. The van der Waals surface area contributed by atoms with Gasteiger partial charge in [0.25, 0.3) is 5.91 Å². The molecule has 2 N–H and O–H groups in total. The number of hydrogen-bond donors (Lipinski definition) is 1. The van der Waals surface area contributed by atoms with Crippen LogP contribution < -0.4 is 10.5 Å². The average molecular weight is 679 g/mol. The van der Waals surface area contributed by atoms with Gasteiger partial charge in [-0.25, -0.2) is 13.4 Å². The summed E-state index contributed by atoms with van der Waals surface area (Å²) in [6, 6.07) is 21.4. The molecule has 10 rings (SSSR count). The number of fused-ring (bicyclic) bond motifs is 5. The number of methoxy groups -OCH3 is 1. The number of aromatic nitrogens is 3. The van der Waals surface area contributed by atoms with Crippen LogP contribution in [0.25, 0.3) is 33.5 Å². The van der Waals surface area contributed by atoms with Gasteiger partial charge in [0.15, 0.2) is 5.82 Å². The number of aryl methyl sites for hydroxylation is 1. The highest BCUT2D eigenvalue weighted by Gasteiger charge is 2.42. The number of para-hydroxylation sites is 1. The molecule has 2 aromatic heterocycles. The maximum atomic E-state index is 13.9. The molecule has 1 amide bonds. The molecule has 3 saturated heterocycles. The van der Waals surface area contributed by atoms with Gasteiger partial charge in [-0.15, -0.1) is 0 Å². The Morgan fingerprint density at radius 1 is 0.959 bits per heavy atom. The highest BCUT2D eigenvalue weighted by molar-refractivity contribution is 7.89. The average Bonchev–Trinajstić information content (AvgIpc) is 3.75. The van der Waals surface area contributed by atoms with E-state index in [4.69, 9.17) is 15.5 Å². The van der Waals surface area contributed by atoms with Crippen molar-refractivity contribution in [1.29, 1.82) is 0 Å². The number of carbonyl (C=O) groups is 1. The number of rotatable bonds is 8. The van der Waals surface area contributed by atoms with Gasteiger partial charge in [-0.05, 0) is 79.8 Å². The van der Waals surface area contributed by atoms with Gasteiger partial charge in [0.05, 0.1) is 28.7 Å². The second-order valence-corrected chi connectivity index (χ2v) is 16.5. The van der Waals surface area contributed by atoms with Crippen LogP contribution in [0.15, 0.2) is 71.6 Å². The zero-order valence-corrected chi connectivity index (χ0v) is 28.8. The fourth-order valence-electron chi connectivity index (χ4n) is 8.58. The minimum absolute atomic E-state index is 0.0188. The molecule has 11 heteroatoms. The number of carbonyl (C=O) groups excluding carboxylic acids is 1. The SMILES string of the molecule is COc1cc(C(=O)N2C[C@H]3CC[C@@H]2C[C@@H]3N)cc2nc(-c3cc4cccc(C5CN(S(=O)(=O)c6ccccc6)C5)c4n3CC3CC3)n(C)c12. The molecule has 254 valence electrons. The number of amides is 1. The third kappa shape index (κ3) is 5.00. The van der Waals surface area contributed by atoms with E-state index in [1.165, 1.54) is 18.4 Å². The first kappa shape index (κ1) is 30.8. The summed E-state index contributed by atoms with van der Waals surface area (Å²) in [5, 5.41) is 1.12. The minimum atomic E-state index is -3.53. The molecule has 3 aromatic carbocycles. The monoisotopic (exact) mass is 678 g/mol. The Balaban J connectivity index is 1.09. The van der Waals surface area contributed by atoms with Gasteiger partial charge in [-0.2, -0.15) is 4.31 Å². The van der Waals surface area contributed by atoms with Crippen LogP contribution in [0.2, 0.25) is 0 Å². The van der Waals surface area contributed by atoms with Crippen LogP contribution >= 0.6 is 0 Å². The van der Waals surface area contributed by atoms with Crippen LogP contribution in [0.1, 0.15) is 53.9 Å². The standard InChI is InChI=1S/C38H42N6O4S/c1-41-36-32(15-26(17-34(36)48-2)38(45)43-22-25-13-14-28(43)18-31(25)39)40-37(41)33-16-24-7-6-10-30(35(24)44(33)19-23-11-12-23)27-20-42(21-27)49(46,47)29-8-4-3-5-9-29/h3-10,15-17,23,25,27-28,31H,11-14,18-22,39H2,1-2H3/t25-,28-,31+/m1/s1. The molecular formula is C38H42N6O4S. The van der Waals surface area contributed by atoms with Gasteiger partial charge >= 0.3 is 0 Å². The van der Waals surface area contributed by atoms with Gasteiger partial charge in [-0.3, -0.25) is 4.79 Å². The van der Waals surface area contributed by atoms with Crippen molar-refractivity contribution in [2.75, 3.05) is 26.7 Å². The van der Waals surface area contributed by atoms with Crippen molar-refractivity contribution in [2.45, 2.75) is 61.5 Å². The summed E-state index contributed by atoms with van der Waals surface area (Å²) in [5.41, 5.74) is 11.9. The van der Waals surface area contributed by atoms with Gasteiger partial charge < -0.3 is 24.5 Å². The van der Waals surface area contributed by atoms with Gasteiger partial charge in [0, 0.05) is 62.2 Å². The highest BCUT2D eigenvalue weighted by Crippen LogP contribution is 2.42. The Morgan fingerprint density at radius 3 is 2.45 bits per heavy atom. The van der Waals surface area contributed by atoms with Crippen molar-refractivity contribution in [3.63, 3.8) is 0 Å². The van der Waals surface area contributed by atoms with E-state index in [1.807, 2.05) is 30.1 Å². The Kier molecular flexibility index (Phi) is 7.19. The second-order valence-electron chi connectivity index (χ2n) is 14.6. The largest absolute Gasteiger partial charge is 0.494 e. The summed E-state index contributed by atoms with van der Waals surface area (Å²) in [5.74, 6) is 2.50. The van der Waals surface area contributed by atoms with Crippen LogP contribution in [0, 0.1) is 11.8 Å². The molecule has 2 saturated carbocycles. The fourth-order valence-corrected chi connectivity index (χ4v) is 10.1. The number of nitrogens with zero attached hydrogens (tertiary/aromatic N) is 5. The molecule has 3 atom stereocenters. The van der Waals surface area contributed by atoms with E-state index in [9.17, 15) is 13.2 Å². The lowest BCUT2D eigenvalue weighted by atomic mass is 9.76. The van der Waals surface area contributed by atoms with Crippen LogP contribution in [0.3, 0.4) is 0 Å². The molecule has 10 nitrogen and oxygen atoms in total. The van der Waals surface area contributed by atoms with Crippen LogP contribution in [-0.2, 0) is 23.6 Å². The lowest BCUT2D eigenvalue weighted by molar-refractivity contribution is 0.0261. The third-order valence-corrected chi connectivity index (χ3v) is 13.4. The summed E-state index contributed by atoms with van der Waals surface area (Å²) >= 11 is 0. The summed E-state index contributed by atoms with van der Waals surface area (Å²) < 4.78 is 38.6. The number of imidazole rings is 1. The number of benzene rings is 3. The predicted molar refractivity (Wildman–Crippen MR) is 189 cm³/mol. The van der Waals surface area contributed by atoms with Gasteiger partial charge in [0.2, 0.25) is 10.0 Å². The van der Waals surface area contributed by atoms with Crippen LogP contribution in [-0.4, -0.2) is 76.5 Å². The van der Waals surface area contributed by atoms with Gasteiger partial charge in [0.1, 0.15) is 11.3 Å². The number of hydrogen-bond acceptors (Lipinski definition) is 6. The molecule has 5 heterocycles. The van der Waals surface area contributed by atoms with E-state index in [0.717, 1.165) is 59.3 Å². The van der Waals surface area contributed by atoms with E-state index in [0.29, 0.717) is 47.7 Å². The lowest BCUT2D eigenvalue weighted by Crippen LogP contribution is -2.58. The molecule has 5 aromatic rings. The third-order valence-electron chi connectivity index (χ3n) is 11.5. The lowest BCUT2D eigenvalue weighted by Gasteiger charge is -2.48. The molecule has 0 radical (unpaired) electrons. The van der Waals surface area contributed by atoms with Crippen molar-refractivity contribution >= 4 is 37.9 Å². The Morgan fingerprint density at radius 2 is 1.76 bits per heavy atom. The molecule has 2 bridgehead atoms. The first-order valence-corrected chi connectivity index (χ1v) is 18.9. The number of nitrogens with two attached hydrogens (primary N) is 1. The van der Waals surface area contributed by atoms with E-state index < -0.39 is 10.0 Å². The van der Waals surface area contributed by atoms with Crippen molar-refractivity contribution < 1.29 is 17.9 Å². The summed E-state index contributed by atoms with van der Waals surface area (Å²) in [6.45, 7) is 2.48. The zero-order chi connectivity index (χ0) is 33.6. The highest BCUT2D eigenvalue weighted by atomic mass is 32.2. The minimum Gasteiger partial charge on any atom is -0.494 e. The molecule has 5 fully saturated rings. The van der Waals surface area contributed by atoms with Gasteiger partial charge in [-0.1, -0.05) is 36.4 Å². The Hall–Kier alpha value is -4.19. The Labute approximate surface area is 286 Å². The number of piperidine rings is 2. The molecule has 5 aliphatic rings. The zero-order valence-electron chi connectivity index (χ0n) is 28.0. The molecular weight excluding hydrogens is 637 g/mol. The Bertz CT molecular complexity index is 2220. The molecule has 0 spiro atoms. The first-order valence-electron chi connectivity index (χ1n) is 17.5. The van der Waals surface area contributed by atoms with Crippen molar-refractivity contribution in [3.05, 3.63) is 77.9 Å². The quantitative estimate of drug-likeness (QED) is 0.237. The van der Waals surface area contributed by atoms with E-state index in [-0.39, 0.29) is 23.9 Å². The smallest absolute Gasteiger partial charge is 0.254 e. The topological polar surface area (TPSA) is 116 Å². The molecule has 3 aliphatic heterocycles. The normalized spacial score (nSPS) is 23.0. The molecule has 2 aliphatic carbocycles. The predicted octanol–water partition coefficient (Wildman–Crippen LogP) is 5.35. The van der Waals surface area contributed by atoms with E-state index in [1.54, 1.807) is 35.7 Å². The van der Waals surface area contributed by atoms with Crippen LogP contribution in [0.4, 0.5) is 0 Å². The summed E-state index contributed by atoms with van der Waals surface area (Å²) in [7, 11) is 0.125. The summed E-state index contributed by atoms with van der Waals surface area (Å²) in [4.78, 5) is 21.5. The fraction of sp³-hybridized carbons (Fsp3) is 0.421. The maximum absolute atomic E-state index is 13.9. The van der Waals surface area contributed by atoms with Crippen molar-refractivity contribution in [3.8, 4) is 17.3 Å². The number of ether oxygens (including phenoxy) is 1. The second kappa shape index (κ2) is 11.4. The molecule has 49 heavy (non-hydrogen) atoms. The maximum Gasteiger partial charge on any atom is 0.254 e. The first-order chi connectivity index (χ1) is 23.7. The van der Waals surface area contributed by atoms with Crippen molar-refractivity contribution in [1.82, 2.24) is 23.3 Å². The van der Waals surface area contributed by atoms with E-state index in [2.05, 4.69) is 33.4 Å². The molecule has 0 unspecified atom stereocenters. The van der Waals surface area contributed by atoms with Crippen molar-refractivity contribution in [2.24, 2.45) is 24.6 Å².